The average Bonchev–Trinajstić information content (AvgIpc) is 3.44. The molecule has 2 unspecified atom stereocenters. The van der Waals surface area contributed by atoms with E-state index in [1.165, 1.54) is 23.1 Å². The average molecular weight is 611 g/mol. The van der Waals surface area contributed by atoms with E-state index in [9.17, 15) is 19.5 Å². The van der Waals surface area contributed by atoms with Gasteiger partial charge in [0.2, 0.25) is 5.91 Å². The van der Waals surface area contributed by atoms with Gasteiger partial charge in [0.05, 0.1) is 5.88 Å². The number of carboxylic acid groups (broad SMARTS) is 1. The van der Waals surface area contributed by atoms with Crippen molar-refractivity contribution in [2.24, 2.45) is 0 Å². The third kappa shape index (κ3) is 8.42. The van der Waals surface area contributed by atoms with Crippen LogP contribution in [0.5, 0.6) is 5.75 Å². The molecule has 40 heavy (non-hydrogen) atoms. The van der Waals surface area contributed by atoms with Gasteiger partial charge in [-0.05, 0) is 55.8 Å². The standard InChI is InChI=1S/C28H33Cl2N3O6S/c29-22-5-4-6-23(30)21(22)16-39-20-9-7-19(8-10-20)15-24(27(35)36)31-26(34)25-17-40-18-33(25)28(37)38-14-13-32-11-2-1-3-12-32/h4-10,24-25H,1-3,11-18H2,(H,31,34)(H,35,36). The van der Waals surface area contributed by atoms with Crippen LogP contribution in [0, 0.1) is 0 Å². The van der Waals surface area contributed by atoms with Gasteiger partial charge in [0.25, 0.3) is 0 Å². The first kappa shape index (κ1) is 30.3. The Kier molecular flexibility index (Phi) is 11.2. The molecule has 0 radical (unpaired) electrons. The maximum absolute atomic E-state index is 13.0. The molecule has 2 aromatic rings. The highest BCUT2D eigenvalue weighted by Gasteiger charge is 2.37. The number of carbonyl (C=O) groups excluding carboxylic acids is 2. The minimum Gasteiger partial charge on any atom is -0.489 e. The summed E-state index contributed by atoms with van der Waals surface area (Å²) >= 11 is 13.8. The first-order valence-corrected chi connectivity index (χ1v) is 15.1. The quantitative estimate of drug-likeness (QED) is 0.378. The molecule has 2 N–H and O–H groups in total. The van der Waals surface area contributed by atoms with Gasteiger partial charge in [0, 0.05) is 34.3 Å². The summed E-state index contributed by atoms with van der Waals surface area (Å²) in [5, 5.41) is 13.4. The number of aliphatic carboxylic acids is 1. The maximum atomic E-state index is 13.0. The molecule has 2 aromatic carbocycles. The lowest BCUT2D eigenvalue weighted by atomic mass is 10.1. The van der Waals surface area contributed by atoms with Crippen molar-refractivity contribution in [3.8, 4) is 5.75 Å². The number of ether oxygens (including phenoxy) is 2. The van der Waals surface area contributed by atoms with E-state index in [2.05, 4.69) is 10.2 Å². The molecule has 2 saturated heterocycles. The Bertz CT molecular complexity index is 1160. The van der Waals surface area contributed by atoms with E-state index >= 15 is 0 Å². The summed E-state index contributed by atoms with van der Waals surface area (Å²) < 4.78 is 11.2. The zero-order valence-electron chi connectivity index (χ0n) is 22.0. The van der Waals surface area contributed by atoms with Crippen molar-refractivity contribution in [1.82, 2.24) is 15.1 Å². The van der Waals surface area contributed by atoms with Crippen LogP contribution in [0.2, 0.25) is 10.0 Å². The Labute approximate surface area is 248 Å². The van der Waals surface area contributed by atoms with Crippen LogP contribution in [-0.4, -0.2) is 82.8 Å². The van der Waals surface area contributed by atoms with Gasteiger partial charge in [0.1, 0.15) is 31.0 Å². The highest BCUT2D eigenvalue weighted by molar-refractivity contribution is 7.99. The van der Waals surface area contributed by atoms with E-state index in [1.54, 1.807) is 42.5 Å². The number of halogens is 2. The van der Waals surface area contributed by atoms with E-state index < -0.39 is 30.1 Å². The van der Waals surface area contributed by atoms with E-state index in [0.29, 0.717) is 45.1 Å². The molecule has 0 spiro atoms. The van der Waals surface area contributed by atoms with Crippen molar-refractivity contribution in [2.45, 2.75) is 44.4 Å². The fraction of sp³-hybridized carbons (Fsp3) is 0.464. The number of nitrogens with zero attached hydrogens (tertiary/aromatic N) is 2. The number of rotatable bonds is 11. The second kappa shape index (κ2) is 14.8. The molecule has 216 valence electrons. The molecule has 0 saturated carbocycles. The predicted molar refractivity (Wildman–Crippen MR) is 155 cm³/mol. The Morgan fingerprint density at radius 2 is 1.75 bits per heavy atom. The molecule has 2 aliphatic rings. The van der Waals surface area contributed by atoms with Crippen LogP contribution in [0.15, 0.2) is 42.5 Å². The minimum atomic E-state index is -1.16. The summed E-state index contributed by atoms with van der Waals surface area (Å²) in [6, 6.07) is 10.2. The van der Waals surface area contributed by atoms with Crippen LogP contribution in [0.25, 0.3) is 0 Å². The number of piperidine rings is 1. The summed E-state index contributed by atoms with van der Waals surface area (Å²) in [4.78, 5) is 41.3. The largest absolute Gasteiger partial charge is 0.489 e. The molecule has 2 aliphatic heterocycles. The van der Waals surface area contributed by atoms with E-state index in [0.717, 1.165) is 25.9 Å². The summed E-state index contributed by atoms with van der Waals surface area (Å²) in [6.45, 7) is 3.12. The second-order valence-electron chi connectivity index (χ2n) is 9.74. The molecule has 2 fully saturated rings. The normalized spacial score (nSPS) is 18.2. The number of thioether (sulfide) groups is 1. The molecular weight excluding hydrogens is 577 g/mol. The van der Waals surface area contributed by atoms with Crippen LogP contribution in [0.3, 0.4) is 0 Å². The van der Waals surface area contributed by atoms with Crippen LogP contribution in [0.1, 0.15) is 30.4 Å². The smallest absolute Gasteiger partial charge is 0.411 e. The Morgan fingerprint density at radius 1 is 1.05 bits per heavy atom. The number of benzene rings is 2. The molecule has 0 bridgehead atoms. The first-order valence-electron chi connectivity index (χ1n) is 13.2. The molecular formula is C28H33Cl2N3O6S. The molecule has 9 nitrogen and oxygen atoms in total. The molecule has 0 aliphatic carbocycles. The first-order chi connectivity index (χ1) is 19.3. The van der Waals surface area contributed by atoms with Crippen LogP contribution in [-0.2, 0) is 27.4 Å². The molecule has 12 heteroatoms. The van der Waals surface area contributed by atoms with Crippen LogP contribution < -0.4 is 10.1 Å². The SMILES string of the molecule is O=C(O)C(Cc1ccc(OCc2c(Cl)cccc2Cl)cc1)NC(=O)C1CSCN1C(=O)OCCN1CCCCC1. The van der Waals surface area contributed by atoms with Gasteiger partial charge in [0.15, 0.2) is 0 Å². The number of carbonyl (C=O) groups is 3. The van der Waals surface area contributed by atoms with Gasteiger partial charge < -0.3 is 19.9 Å². The summed E-state index contributed by atoms with van der Waals surface area (Å²) in [5.74, 6) is -0.418. The maximum Gasteiger partial charge on any atom is 0.411 e. The zero-order chi connectivity index (χ0) is 28.5. The van der Waals surface area contributed by atoms with Gasteiger partial charge in [-0.3, -0.25) is 14.6 Å². The van der Waals surface area contributed by atoms with Gasteiger partial charge in [-0.25, -0.2) is 9.59 Å². The number of hydrogen-bond acceptors (Lipinski definition) is 7. The molecule has 0 aromatic heterocycles. The van der Waals surface area contributed by atoms with Gasteiger partial charge >= 0.3 is 12.1 Å². The predicted octanol–water partition coefficient (Wildman–Crippen LogP) is 4.68. The molecule has 2 atom stereocenters. The van der Waals surface area contributed by atoms with Crippen molar-refractivity contribution >= 4 is 52.9 Å². The summed E-state index contributed by atoms with van der Waals surface area (Å²) in [5.41, 5.74) is 1.37. The highest BCUT2D eigenvalue weighted by Crippen LogP contribution is 2.26. The monoisotopic (exact) mass is 609 g/mol. The van der Waals surface area contributed by atoms with Crippen molar-refractivity contribution < 1.29 is 29.0 Å². The Hall–Kier alpha value is -2.66. The topological polar surface area (TPSA) is 108 Å². The van der Waals surface area contributed by atoms with Gasteiger partial charge in [-0.2, -0.15) is 0 Å². The number of likely N-dealkylation sites (tertiary alicyclic amines) is 1. The molecule has 2 amide bonds. The molecule has 2 heterocycles. The number of hydrogen-bond donors (Lipinski definition) is 2. The van der Waals surface area contributed by atoms with Crippen molar-refractivity contribution in [2.75, 3.05) is 37.9 Å². The number of amides is 2. The highest BCUT2D eigenvalue weighted by atomic mass is 35.5. The van der Waals surface area contributed by atoms with E-state index in [1.807, 2.05) is 0 Å². The lowest BCUT2D eigenvalue weighted by Gasteiger charge is -2.27. The zero-order valence-corrected chi connectivity index (χ0v) is 24.3. The molecule has 4 rings (SSSR count). The van der Waals surface area contributed by atoms with E-state index in [4.69, 9.17) is 32.7 Å². The van der Waals surface area contributed by atoms with Crippen molar-refractivity contribution in [3.05, 3.63) is 63.6 Å². The minimum absolute atomic E-state index is 0.0673. The fourth-order valence-electron chi connectivity index (χ4n) is 4.62. The Morgan fingerprint density at radius 3 is 2.42 bits per heavy atom. The van der Waals surface area contributed by atoms with Crippen LogP contribution >= 0.6 is 35.0 Å². The summed E-state index contributed by atoms with van der Waals surface area (Å²) in [7, 11) is 0. The number of nitrogens with one attached hydrogen (secondary N) is 1. The second-order valence-corrected chi connectivity index (χ2v) is 11.6. The lowest BCUT2D eigenvalue weighted by molar-refractivity contribution is -0.142. The van der Waals surface area contributed by atoms with Gasteiger partial charge in [-0.15, -0.1) is 11.8 Å². The summed E-state index contributed by atoms with van der Waals surface area (Å²) in [6.07, 6.45) is 3.05. The third-order valence-electron chi connectivity index (χ3n) is 6.92. The van der Waals surface area contributed by atoms with Crippen molar-refractivity contribution in [1.29, 1.82) is 0 Å². The Balaban J connectivity index is 1.27. The van der Waals surface area contributed by atoms with Gasteiger partial charge in [-0.1, -0.05) is 47.8 Å². The van der Waals surface area contributed by atoms with Crippen LogP contribution in [0.4, 0.5) is 4.79 Å². The van der Waals surface area contributed by atoms with E-state index in [-0.39, 0.29) is 19.6 Å². The van der Waals surface area contributed by atoms with Crippen molar-refractivity contribution in [3.63, 3.8) is 0 Å². The lowest BCUT2D eigenvalue weighted by Crippen LogP contribution is -2.52. The fourth-order valence-corrected chi connectivity index (χ4v) is 6.27. The third-order valence-corrected chi connectivity index (χ3v) is 8.64. The number of carboxylic acids is 1.